The number of likely N-dealkylation sites (N-methyl/N-ethyl adjacent to an activating group) is 1. The van der Waals surface area contributed by atoms with Crippen LogP contribution in [0.15, 0.2) is 0 Å². The fourth-order valence-electron chi connectivity index (χ4n) is 2.01. The SMILES string of the molecule is CN(C)CCN(C(=O)CC#N)C1CCS(=O)(=O)C1. The third-order valence-electron chi connectivity index (χ3n) is 2.99. The van der Waals surface area contributed by atoms with E-state index in [0.717, 1.165) is 0 Å². The number of nitrogens with zero attached hydrogens (tertiary/aromatic N) is 3. The smallest absolute Gasteiger partial charge is 0.237 e. The van der Waals surface area contributed by atoms with Crippen molar-refractivity contribution in [1.82, 2.24) is 9.80 Å². The highest BCUT2D eigenvalue weighted by atomic mass is 32.2. The van der Waals surface area contributed by atoms with Crippen LogP contribution >= 0.6 is 0 Å². The van der Waals surface area contributed by atoms with Crippen LogP contribution in [-0.2, 0) is 14.6 Å². The van der Waals surface area contributed by atoms with Gasteiger partial charge >= 0.3 is 0 Å². The lowest BCUT2D eigenvalue weighted by Crippen LogP contribution is -2.44. The number of amides is 1. The predicted octanol–water partition coefficient (Wildman–Crippen LogP) is -0.523. The van der Waals surface area contributed by atoms with Crippen molar-refractivity contribution < 1.29 is 13.2 Å². The molecule has 1 aliphatic heterocycles. The van der Waals surface area contributed by atoms with E-state index in [4.69, 9.17) is 5.26 Å². The molecule has 0 aromatic carbocycles. The lowest BCUT2D eigenvalue weighted by atomic mass is 10.2. The van der Waals surface area contributed by atoms with Crippen molar-refractivity contribution in [3.8, 4) is 6.07 Å². The molecule has 1 fully saturated rings. The second-order valence-electron chi connectivity index (χ2n) is 4.78. The normalized spacial score (nSPS) is 21.8. The van der Waals surface area contributed by atoms with Crippen molar-refractivity contribution >= 4 is 15.7 Å². The Morgan fingerprint density at radius 1 is 1.39 bits per heavy atom. The van der Waals surface area contributed by atoms with Crippen LogP contribution in [0.4, 0.5) is 0 Å². The quantitative estimate of drug-likeness (QED) is 0.673. The molecule has 1 unspecified atom stereocenters. The number of sulfone groups is 1. The molecule has 0 spiro atoms. The van der Waals surface area contributed by atoms with Crippen LogP contribution in [0.25, 0.3) is 0 Å². The topological polar surface area (TPSA) is 81.5 Å². The molecule has 6 nitrogen and oxygen atoms in total. The fraction of sp³-hybridized carbons (Fsp3) is 0.818. The third kappa shape index (κ3) is 4.27. The van der Waals surface area contributed by atoms with Gasteiger partial charge in [-0.15, -0.1) is 0 Å². The molecule has 0 bridgehead atoms. The molecule has 1 heterocycles. The van der Waals surface area contributed by atoms with Gasteiger partial charge in [0.25, 0.3) is 0 Å². The van der Waals surface area contributed by atoms with E-state index in [2.05, 4.69) is 0 Å². The molecule has 0 radical (unpaired) electrons. The van der Waals surface area contributed by atoms with Crippen LogP contribution in [0.2, 0.25) is 0 Å². The second kappa shape index (κ2) is 6.16. The molecule has 1 atom stereocenters. The molecule has 0 aromatic heterocycles. The van der Waals surface area contributed by atoms with E-state index in [1.807, 2.05) is 25.1 Å². The summed E-state index contributed by atoms with van der Waals surface area (Å²) in [5, 5.41) is 8.58. The van der Waals surface area contributed by atoms with E-state index in [1.54, 1.807) is 4.90 Å². The van der Waals surface area contributed by atoms with Gasteiger partial charge in [0.1, 0.15) is 6.42 Å². The number of hydrogen-bond acceptors (Lipinski definition) is 5. The lowest BCUT2D eigenvalue weighted by molar-refractivity contribution is -0.132. The number of carbonyl (C=O) groups excluding carboxylic acids is 1. The monoisotopic (exact) mass is 273 g/mol. The van der Waals surface area contributed by atoms with Crippen LogP contribution in [0, 0.1) is 11.3 Å². The molecule has 0 aromatic rings. The van der Waals surface area contributed by atoms with Gasteiger partial charge in [-0.2, -0.15) is 5.26 Å². The molecular formula is C11H19N3O3S. The van der Waals surface area contributed by atoms with Gasteiger partial charge in [0, 0.05) is 19.1 Å². The molecule has 102 valence electrons. The zero-order valence-corrected chi connectivity index (χ0v) is 11.6. The zero-order chi connectivity index (χ0) is 13.8. The van der Waals surface area contributed by atoms with Gasteiger partial charge in [-0.25, -0.2) is 8.42 Å². The van der Waals surface area contributed by atoms with Gasteiger partial charge in [0.05, 0.1) is 17.6 Å². The predicted molar refractivity (Wildman–Crippen MR) is 67.6 cm³/mol. The molecule has 1 saturated heterocycles. The minimum Gasteiger partial charge on any atom is -0.336 e. The Morgan fingerprint density at radius 2 is 2.06 bits per heavy atom. The summed E-state index contributed by atoms with van der Waals surface area (Å²) in [5.41, 5.74) is 0. The van der Waals surface area contributed by atoms with Gasteiger partial charge in [-0.3, -0.25) is 4.79 Å². The van der Waals surface area contributed by atoms with Crippen molar-refractivity contribution in [2.45, 2.75) is 18.9 Å². The van der Waals surface area contributed by atoms with E-state index in [9.17, 15) is 13.2 Å². The van der Waals surface area contributed by atoms with Crippen molar-refractivity contribution in [3.63, 3.8) is 0 Å². The Balaban J connectivity index is 2.72. The molecule has 7 heteroatoms. The molecule has 0 N–H and O–H groups in total. The zero-order valence-electron chi connectivity index (χ0n) is 10.8. The minimum absolute atomic E-state index is 0.0254. The number of rotatable bonds is 5. The van der Waals surface area contributed by atoms with E-state index in [1.165, 1.54) is 0 Å². The number of hydrogen-bond donors (Lipinski definition) is 0. The van der Waals surface area contributed by atoms with Crippen molar-refractivity contribution in [2.75, 3.05) is 38.7 Å². The highest BCUT2D eigenvalue weighted by Gasteiger charge is 2.34. The van der Waals surface area contributed by atoms with Crippen LogP contribution in [0.5, 0.6) is 0 Å². The molecule has 0 saturated carbocycles. The molecule has 18 heavy (non-hydrogen) atoms. The number of carbonyl (C=O) groups is 1. The molecule has 1 aliphatic rings. The molecule has 1 rings (SSSR count). The second-order valence-corrected chi connectivity index (χ2v) is 7.01. The summed E-state index contributed by atoms with van der Waals surface area (Å²) in [5.74, 6) is -0.116. The Kier molecular flexibility index (Phi) is 5.11. The van der Waals surface area contributed by atoms with Crippen LogP contribution in [0.3, 0.4) is 0 Å². The van der Waals surface area contributed by atoms with E-state index < -0.39 is 9.84 Å². The summed E-state index contributed by atoms with van der Waals surface area (Å²) in [6, 6.07) is 1.56. The first-order chi connectivity index (χ1) is 8.35. The van der Waals surface area contributed by atoms with Crippen molar-refractivity contribution in [3.05, 3.63) is 0 Å². The molecule has 1 amide bonds. The first-order valence-corrected chi connectivity index (χ1v) is 7.69. The van der Waals surface area contributed by atoms with Gasteiger partial charge in [0.15, 0.2) is 9.84 Å². The maximum atomic E-state index is 11.8. The van der Waals surface area contributed by atoms with Gasteiger partial charge < -0.3 is 9.80 Å². The third-order valence-corrected chi connectivity index (χ3v) is 4.74. The van der Waals surface area contributed by atoms with Crippen molar-refractivity contribution in [1.29, 1.82) is 5.26 Å². The number of nitriles is 1. The summed E-state index contributed by atoms with van der Waals surface area (Å²) in [6.07, 6.45) is 0.289. The van der Waals surface area contributed by atoms with Gasteiger partial charge in [-0.1, -0.05) is 0 Å². The van der Waals surface area contributed by atoms with E-state index >= 15 is 0 Å². The Morgan fingerprint density at radius 3 is 2.50 bits per heavy atom. The Bertz CT molecular complexity index is 439. The average Bonchev–Trinajstić information content (AvgIpc) is 2.59. The maximum absolute atomic E-state index is 11.8. The lowest BCUT2D eigenvalue weighted by Gasteiger charge is -2.28. The maximum Gasteiger partial charge on any atom is 0.237 e. The summed E-state index contributed by atoms with van der Waals surface area (Å²) >= 11 is 0. The van der Waals surface area contributed by atoms with Crippen LogP contribution in [0.1, 0.15) is 12.8 Å². The summed E-state index contributed by atoms with van der Waals surface area (Å²) in [6.45, 7) is 1.13. The van der Waals surface area contributed by atoms with Crippen LogP contribution in [-0.4, -0.2) is 68.9 Å². The molecular weight excluding hydrogens is 254 g/mol. The van der Waals surface area contributed by atoms with Gasteiger partial charge in [0.2, 0.25) is 5.91 Å². The van der Waals surface area contributed by atoms with Crippen LogP contribution < -0.4 is 0 Å². The largest absolute Gasteiger partial charge is 0.336 e. The minimum atomic E-state index is -3.02. The first kappa shape index (κ1) is 14.9. The fourth-order valence-corrected chi connectivity index (χ4v) is 3.74. The van der Waals surface area contributed by atoms with E-state index in [-0.39, 0.29) is 29.9 Å². The van der Waals surface area contributed by atoms with Crippen molar-refractivity contribution in [2.24, 2.45) is 0 Å². The van der Waals surface area contributed by atoms with Gasteiger partial charge in [-0.05, 0) is 20.5 Å². The van der Waals surface area contributed by atoms with E-state index in [0.29, 0.717) is 19.5 Å². The molecule has 0 aliphatic carbocycles. The Labute approximate surface area is 108 Å². The standard InChI is InChI=1S/C11H19N3O3S/c1-13(2)6-7-14(11(15)3-5-12)10-4-8-18(16,17)9-10/h10H,3-4,6-9H2,1-2H3. The summed E-state index contributed by atoms with van der Waals surface area (Å²) < 4.78 is 22.9. The summed E-state index contributed by atoms with van der Waals surface area (Å²) in [7, 11) is 0.757. The average molecular weight is 273 g/mol. The highest BCUT2D eigenvalue weighted by molar-refractivity contribution is 7.91. The highest BCUT2D eigenvalue weighted by Crippen LogP contribution is 2.18. The summed E-state index contributed by atoms with van der Waals surface area (Å²) in [4.78, 5) is 15.3. The first-order valence-electron chi connectivity index (χ1n) is 5.87. The Hall–Kier alpha value is -1.13.